The molecule has 0 spiro atoms. The Hall–Kier alpha value is -2.95. The second kappa shape index (κ2) is 9.68. The van der Waals surface area contributed by atoms with Crippen LogP contribution in [-0.4, -0.2) is 34.1 Å². The van der Waals surface area contributed by atoms with E-state index in [1.807, 2.05) is 23.1 Å². The van der Waals surface area contributed by atoms with Gasteiger partial charge in [0.2, 0.25) is 17.7 Å². The highest BCUT2D eigenvalue weighted by Crippen LogP contribution is 2.44. The van der Waals surface area contributed by atoms with Crippen molar-refractivity contribution in [3.8, 4) is 0 Å². The first kappa shape index (κ1) is 20.9. The number of hydrogen-bond acceptors (Lipinski definition) is 4. The van der Waals surface area contributed by atoms with Gasteiger partial charge < -0.3 is 9.32 Å². The molecule has 5 rings (SSSR count). The molecule has 2 unspecified atom stereocenters. The fraction of sp³-hybridized carbons (Fsp3) is 0.444. The van der Waals surface area contributed by atoms with Crippen LogP contribution in [0.4, 0.5) is 0 Å². The molecule has 1 saturated carbocycles. The number of aryl methyl sites for hydroxylation is 1. The van der Waals surface area contributed by atoms with Crippen LogP contribution in [0.15, 0.2) is 65.1 Å². The van der Waals surface area contributed by atoms with Crippen LogP contribution in [0.1, 0.15) is 79.2 Å². The van der Waals surface area contributed by atoms with Gasteiger partial charge in [-0.25, -0.2) is 0 Å². The van der Waals surface area contributed by atoms with Crippen molar-refractivity contribution in [2.24, 2.45) is 0 Å². The second-order valence-electron chi connectivity index (χ2n) is 9.22. The summed E-state index contributed by atoms with van der Waals surface area (Å²) in [6, 6.07) is 21.1. The molecule has 1 saturated heterocycles. The second-order valence-corrected chi connectivity index (χ2v) is 9.22. The van der Waals surface area contributed by atoms with E-state index < -0.39 is 0 Å². The number of aromatic nitrogens is 2. The molecule has 166 valence electrons. The Bertz CT molecular complexity index is 1010. The van der Waals surface area contributed by atoms with Gasteiger partial charge in [-0.3, -0.25) is 4.79 Å². The first-order valence-electron chi connectivity index (χ1n) is 12.0. The zero-order chi connectivity index (χ0) is 21.8. The summed E-state index contributed by atoms with van der Waals surface area (Å²) in [4.78, 5) is 14.4. The molecule has 3 aromatic rings. The van der Waals surface area contributed by atoms with E-state index in [1.54, 1.807) is 0 Å². The maximum atomic E-state index is 12.5. The topological polar surface area (TPSA) is 59.2 Å². The average Bonchev–Trinajstić information content (AvgIpc) is 3.29. The Labute approximate surface area is 189 Å². The van der Waals surface area contributed by atoms with Gasteiger partial charge in [-0.2, -0.15) is 0 Å². The molecule has 0 bridgehead atoms. The average molecular weight is 430 g/mol. The van der Waals surface area contributed by atoms with Gasteiger partial charge in [0.05, 0.1) is 5.92 Å². The zero-order valence-electron chi connectivity index (χ0n) is 18.5. The van der Waals surface area contributed by atoms with E-state index in [-0.39, 0.29) is 11.8 Å². The van der Waals surface area contributed by atoms with Gasteiger partial charge in [-0.15, -0.1) is 10.2 Å². The van der Waals surface area contributed by atoms with Crippen LogP contribution < -0.4 is 0 Å². The number of carbonyl (C=O) groups excluding carboxylic acids is 1. The number of hydrogen-bond donors (Lipinski definition) is 0. The Morgan fingerprint density at radius 3 is 2.28 bits per heavy atom. The SMILES string of the molecule is O=C(CCCc1ccccc1)N1CC(c2nnc(C3CCCCC3c3ccccc3)o2)C1. The van der Waals surface area contributed by atoms with E-state index in [9.17, 15) is 4.79 Å². The van der Waals surface area contributed by atoms with Crippen LogP contribution >= 0.6 is 0 Å². The minimum atomic E-state index is 0.174. The molecule has 2 atom stereocenters. The van der Waals surface area contributed by atoms with Gasteiger partial charge in [0, 0.05) is 25.4 Å². The summed E-state index contributed by atoms with van der Waals surface area (Å²) in [5.74, 6) is 2.62. The molecule has 2 fully saturated rings. The van der Waals surface area contributed by atoms with Crippen molar-refractivity contribution in [2.45, 2.75) is 62.7 Å². The highest BCUT2D eigenvalue weighted by atomic mass is 16.4. The summed E-state index contributed by atoms with van der Waals surface area (Å²) in [5.41, 5.74) is 2.66. The van der Waals surface area contributed by atoms with Crippen molar-refractivity contribution in [3.63, 3.8) is 0 Å². The number of likely N-dealkylation sites (tertiary alicyclic amines) is 1. The summed E-state index contributed by atoms with van der Waals surface area (Å²) in [6.45, 7) is 1.39. The molecule has 0 radical (unpaired) electrons. The third kappa shape index (κ3) is 4.62. The molecule has 2 aromatic carbocycles. The first-order chi connectivity index (χ1) is 15.8. The molecule has 1 aliphatic heterocycles. The van der Waals surface area contributed by atoms with Crippen LogP contribution in [0.2, 0.25) is 0 Å². The van der Waals surface area contributed by atoms with Gasteiger partial charge in [0.15, 0.2) is 0 Å². The molecule has 32 heavy (non-hydrogen) atoms. The van der Waals surface area contributed by atoms with Crippen molar-refractivity contribution in [1.82, 2.24) is 15.1 Å². The molecule has 1 aromatic heterocycles. The molecule has 0 N–H and O–H groups in total. The summed E-state index contributed by atoms with van der Waals surface area (Å²) in [7, 11) is 0. The number of rotatable bonds is 7. The van der Waals surface area contributed by atoms with Crippen molar-refractivity contribution in [2.75, 3.05) is 13.1 Å². The quantitative estimate of drug-likeness (QED) is 0.500. The lowest BCUT2D eigenvalue weighted by molar-refractivity contribution is -0.136. The fourth-order valence-electron chi connectivity index (χ4n) is 5.17. The van der Waals surface area contributed by atoms with E-state index in [2.05, 4.69) is 52.7 Å². The first-order valence-corrected chi connectivity index (χ1v) is 12.0. The normalized spacial score (nSPS) is 21.3. The third-order valence-electron chi connectivity index (χ3n) is 7.05. The Kier molecular flexibility index (Phi) is 6.33. The van der Waals surface area contributed by atoms with Gasteiger partial charge in [0.25, 0.3) is 0 Å². The lowest BCUT2D eigenvalue weighted by Crippen LogP contribution is -2.48. The van der Waals surface area contributed by atoms with Gasteiger partial charge >= 0.3 is 0 Å². The van der Waals surface area contributed by atoms with Gasteiger partial charge in [-0.1, -0.05) is 73.5 Å². The maximum absolute atomic E-state index is 12.5. The van der Waals surface area contributed by atoms with Crippen LogP contribution in [-0.2, 0) is 11.2 Å². The van der Waals surface area contributed by atoms with Crippen molar-refractivity contribution < 1.29 is 9.21 Å². The van der Waals surface area contributed by atoms with Gasteiger partial charge in [-0.05, 0) is 42.7 Å². The van der Waals surface area contributed by atoms with Crippen LogP contribution in [0, 0.1) is 0 Å². The predicted molar refractivity (Wildman–Crippen MR) is 123 cm³/mol. The summed E-state index contributed by atoms with van der Waals surface area (Å²) >= 11 is 0. The molecule has 2 heterocycles. The smallest absolute Gasteiger partial charge is 0.223 e. The van der Waals surface area contributed by atoms with Gasteiger partial charge in [0.1, 0.15) is 0 Å². The van der Waals surface area contributed by atoms with E-state index in [1.165, 1.54) is 30.4 Å². The van der Waals surface area contributed by atoms with Crippen LogP contribution in [0.3, 0.4) is 0 Å². The Morgan fingerprint density at radius 1 is 0.875 bits per heavy atom. The number of amides is 1. The van der Waals surface area contributed by atoms with Crippen LogP contribution in [0.5, 0.6) is 0 Å². The maximum Gasteiger partial charge on any atom is 0.223 e. The molecule has 5 nitrogen and oxygen atoms in total. The predicted octanol–water partition coefficient (Wildman–Crippen LogP) is 5.46. The number of carbonyl (C=O) groups is 1. The standard InChI is InChI=1S/C27H31N3O2/c31-25(17-9-12-20-10-3-1-4-11-20)30-18-22(19-30)26-28-29-27(32-26)24-16-8-7-15-23(24)21-13-5-2-6-14-21/h1-6,10-11,13-14,22-24H,7-9,12,15-19H2. The fourth-order valence-corrected chi connectivity index (χ4v) is 5.17. The number of nitrogens with zero attached hydrogens (tertiary/aromatic N) is 3. The van der Waals surface area contributed by atoms with E-state index >= 15 is 0 Å². The summed E-state index contributed by atoms with van der Waals surface area (Å²) < 4.78 is 6.19. The lowest BCUT2D eigenvalue weighted by Gasteiger charge is -2.37. The minimum absolute atomic E-state index is 0.174. The van der Waals surface area contributed by atoms with E-state index in [0.717, 1.165) is 25.2 Å². The molecular weight excluding hydrogens is 398 g/mol. The molecule has 2 aliphatic rings. The van der Waals surface area contributed by atoms with E-state index in [4.69, 9.17) is 4.42 Å². The molecule has 1 aliphatic carbocycles. The van der Waals surface area contributed by atoms with E-state index in [0.29, 0.717) is 37.2 Å². The highest BCUT2D eigenvalue weighted by molar-refractivity contribution is 5.77. The monoisotopic (exact) mass is 429 g/mol. The Balaban J connectivity index is 1.14. The third-order valence-corrected chi connectivity index (χ3v) is 7.05. The largest absolute Gasteiger partial charge is 0.425 e. The van der Waals surface area contributed by atoms with Crippen LogP contribution in [0.25, 0.3) is 0 Å². The minimum Gasteiger partial charge on any atom is -0.425 e. The summed E-state index contributed by atoms with van der Waals surface area (Å²) in [6.07, 6.45) is 7.15. The van der Waals surface area contributed by atoms with Crippen molar-refractivity contribution in [1.29, 1.82) is 0 Å². The van der Waals surface area contributed by atoms with Crippen molar-refractivity contribution >= 4 is 5.91 Å². The van der Waals surface area contributed by atoms with Crippen molar-refractivity contribution in [3.05, 3.63) is 83.6 Å². The molecule has 1 amide bonds. The molecular formula is C27H31N3O2. The number of benzene rings is 2. The molecule has 5 heteroatoms. The Morgan fingerprint density at radius 2 is 1.53 bits per heavy atom. The highest BCUT2D eigenvalue weighted by Gasteiger charge is 2.37. The zero-order valence-corrected chi connectivity index (χ0v) is 18.5. The summed E-state index contributed by atoms with van der Waals surface area (Å²) in [5, 5.41) is 8.83. The lowest BCUT2D eigenvalue weighted by atomic mass is 9.75.